The maximum Gasteiger partial charge on any atom is 0.344 e. The molecule has 2 aromatic carbocycles. The standard InChI is InChI=1S/C20H22O7/c1-13(21)14-5-7-18(19(10-14)25-4)26-12-20(22)27-11-15-9-16(23-2)6-8-17(15)24-3/h5-10H,11-12H2,1-4H3. The number of rotatable bonds is 9. The van der Waals surface area contributed by atoms with E-state index in [2.05, 4.69) is 0 Å². The summed E-state index contributed by atoms with van der Waals surface area (Å²) < 4.78 is 26.3. The van der Waals surface area contributed by atoms with Crippen LogP contribution in [0.2, 0.25) is 0 Å². The summed E-state index contributed by atoms with van der Waals surface area (Å²) in [6.07, 6.45) is 0. The van der Waals surface area contributed by atoms with E-state index in [9.17, 15) is 9.59 Å². The normalized spacial score (nSPS) is 10.1. The second kappa shape index (κ2) is 9.47. The van der Waals surface area contributed by atoms with Crippen LogP contribution in [0.5, 0.6) is 23.0 Å². The summed E-state index contributed by atoms with van der Waals surface area (Å²) in [5.74, 6) is 1.28. The number of esters is 1. The van der Waals surface area contributed by atoms with Crippen molar-refractivity contribution in [2.45, 2.75) is 13.5 Å². The lowest BCUT2D eigenvalue weighted by molar-refractivity contribution is -0.147. The van der Waals surface area contributed by atoms with Crippen molar-refractivity contribution in [3.05, 3.63) is 47.5 Å². The number of hydrogen-bond donors (Lipinski definition) is 0. The average molecular weight is 374 g/mol. The van der Waals surface area contributed by atoms with Gasteiger partial charge in [0.15, 0.2) is 23.9 Å². The predicted molar refractivity (Wildman–Crippen MR) is 97.8 cm³/mol. The highest BCUT2D eigenvalue weighted by Gasteiger charge is 2.13. The van der Waals surface area contributed by atoms with Crippen molar-refractivity contribution in [3.63, 3.8) is 0 Å². The molecule has 0 saturated heterocycles. The first kappa shape index (κ1) is 20.1. The number of benzene rings is 2. The quantitative estimate of drug-likeness (QED) is 0.493. The zero-order valence-electron chi connectivity index (χ0n) is 15.7. The molecular weight excluding hydrogens is 352 g/mol. The summed E-state index contributed by atoms with van der Waals surface area (Å²) in [5.41, 5.74) is 1.17. The van der Waals surface area contributed by atoms with E-state index in [1.165, 1.54) is 21.1 Å². The van der Waals surface area contributed by atoms with E-state index in [0.29, 0.717) is 34.1 Å². The Bertz CT molecular complexity index is 814. The minimum Gasteiger partial charge on any atom is -0.497 e. The molecule has 0 unspecified atom stereocenters. The van der Waals surface area contributed by atoms with Gasteiger partial charge in [0, 0.05) is 11.1 Å². The van der Waals surface area contributed by atoms with Crippen LogP contribution in [0.4, 0.5) is 0 Å². The Labute approximate surface area is 157 Å². The first-order valence-corrected chi connectivity index (χ1v) is 8.16. The molecule has 0 saturated carbocycles. The molecule has 0 spiro atoms. The average Bonchev–Trinajstić information content (AvgIpc) is 2.69. The largest absolute Gasteiger partial charge is 0.497 e. The summed E-state index contributed by atoms with van der Waals surface area (Å²) in [5, 5.41) is 0. The minimum absolute atomic E-state index is 0.0168. The van der Waals surface area contributed by atoms with Gasteiger partial charge in [0.25, 0.3) is 0 Å². The van der Waals surface area contributed by atoms with Crippen LogP contribution in [0.15, 0.2) is 36.4 Å². The van der Waals surface area contributed by atoms with E-state index in [4.69, 9.17) is 23.7 Å². The summed E-state index contributed by atoms with van der Waals surface area (Å²) in [4.78, 5) is 23.4. The van der Waals surface area contributed by atoms with Gasteiger partial charge in [-0.05, 0) is 43.3 Å². The number of ether oxygens (including phenoxy) is 5. The van der Waals surface area contributed by atoms with Crippen LogP contribution in [0.25, 0.3) is 0 Å². The highest BCUT2D eigenvalue weighted by Crippen LogP contribution is 2.28. The second-order valence-corrected chi connectivity index (χ2v) is 5.55. The predicted octanol–water partition coefficient (Wildman–Crippen LogP) is 3.04. The molecule has 7 nitrogen and oxygen atoms in total. The Kier molecular flexibility index (Phi) is 7.05. The third-order valence-electron chi connectivity index (χ3n) is 3.79. The number of carbonyl (C=O) groups excluding carboxylic acids is 2. The van der Waals surface area contributed by atoms with Gasteiger partial charge in [-0.3, -0.25) is 4.79 Å². The van der Waals surface area contributed by atoms with Gasteiger partial charge in [0.05, 0.1) is 21.3 Å². The van der Waals surface area contributed by atoms with Crippen molar-refractivity contribution < 1.29 is 33.3 Å². The monoisotopic (exact) mass is 374 g/mol. The molecule has 7 heteroatoms. The minimum atomic E-state index is -0.558. The van der Waals surface area contributed by atoms with E-state index in [-0.39, 0.29) is 19.0 Å². The Morgan fingerprint density at radius 3 is 2.19 bits per heavy atom. The molecule has 27 heavy (non-hydrogen) atoms. The lowest BCUT2D eigenvalue weighted by Crippen LogP contribution is -2.15. The van der Waals surface area contributed by atoms with Gasteiger partial charge in [-0.1, -0.05) is 0 Å². The number of hydrogen-bond acceptors (Lipinski definition) is 7. The molecule has 0 aliphatic carbocycles. The van der Waals surface area contributed by atoms with Crippen molar-refractivity contribution >= 4 is 11.8 Å². The topological polar surface area (TPSA) is 80.3 Å². The van der Waals surface area contributed by atoms with Crippen molar-refractivity contribution in [1.82, 2.24) is 0 Å². The van der Waals surface area contributed by atoms with Crippen molar-refractivity contribution in [2.75, 3.05) is 27.9 Å². The zero-order valence-corrected chi connectivity index (χ0v) is 15.7. The molecule has 0 heterocycles. The Balaban J connectivity index is 1.96. The van der Waals surface area contributed by atoms with Crippen LogP contribution in [-0.4, -0.2) is 39.7 Å². The van der Waals surface area contributed by atoms with Crippen LogP contribution in [0.3, 0.4) is 0 Å². The lowest BCUT2D eigenvalue weighted by atomic mass is 10.1. The number of ketones is 1. The molecule has 0 fully saturated rings. The highest BCUT2D eigenvalue weighted by molar-refractivity contribution is 5.94. The van der Waals surface area contributed by atoms with Gasteiger partial charge >= 0.3 is 5.97 Å². The molecule has 0 amide bonds. The molecule has 0 radical (unpaired) electrons. The van der Waals surface area contributed by atoms with Crippen LogP contribution < -0.4 is 18.9 Å². The van der Waals surface area contributed by atoms with Crippen LogP contribution in [0.1, 0.15) is 22.8 Å². The van der Waals surface area contributed by atoms with Crippen LogP contribution in [0, 0.1) is 0 Å². The number of carbonyl (C=O) groups is 2. The van der Waals surface area contributed by atoms with Gasteiger partial charge in [-0.25, -0.2) is 4.79 Å². The SMILES string of the molecule is COc1ccc(OC)c(COC(=O)COc2ccc(C(C)=O)cc2OC)c1. The Morgan fingerprint density at radius 1 is 0.852 bits per heavy atom. The first-order chi connectivity index (χ1) is 13.0. The molecule has 0 aliphatic heterocycles. The molecule has 0 atom stereocenters. The van der Waals surface area contributed by atoms with Crippen molar-refractivity contribution in [3.8, 4) is 23.0 Å². The van der Waals surface area contributed by atoms with Crippen molar-refractivity contribution in [2.24, 2.45) is 0 Å². The molecule has 0 bridgehead atoms. The van der Waals surface area contributed by atoms with Gasteiger partial charge in [-0.2, -0.15) is 0 Å². The fourth-order valence-corrected chi connectivity index (χ4v) is 2.34. The maximum absolute atomic E-state index is 12.0. The third kappa shape index (κ3) is 5.37. The first-order valence-electron chi connectivity index (χ1n) is 8.16. The molecule has 0 aromatic heterocycles. The number of methoxy groups -OCH3 is 3. The lowest BCUT2D eigenvalue weighted by Gasteiger charge is -2.13. The maximum atomic E-state index is 12.0. The molecule has 2 aromatic rings. The number of Topliss-reactive ketones (excluding diaryl/α,β-unsaturated/α-hetero) is 1. The zero-order chi connectivity index (χ0) is 19.8. The van der Waals surface area contributed by atoms with Crippen molar-refractivity contribution in [1.29, 1.82) is 0 Å². The second-order valence-electron chi connectivity index (χ2n) is 5.55. The van der Waals surface area contributed by atoms with E-state index in [1.807, 2.05) is 0 Å². The summed E-state index contributed by atoms with van der Waals surface area (Å²) >= 11 is 0. The van der Waals surface area contributed by atoms with Crippen LogP contribution in [-0.2, 0) is 16.1 Å². The van der Waals surface area contributed by atoms with Gasteiger partial charge in [0.2, 0.25) is 0 Å². The van der Waals surface area contributed by atoms with E-state index >= 15 is 0 Å². The van der Waals surface area contributed by atoms with E-state index < -0.39 is 5.97 Å². The third-order valence-corrected chi connectivity index (χ3v) is 3.79. The smallest absolute Gasteiger partial charge is 0.344 e. The van der Waals surface area contributed by atoms with Gasteiger partial charge < -0.3 is 23.7 Å². The summed E-state index contributed by atoms with van der Waals surface area (Å²) in [6, 6.07) is 9.96. The highest BCUT2D eigenvalue weighted by atomic mass is 16.6. The molecule has 144 valence electrons. The van der Waals surface area contributed by atoms with E-state index in [0.717, 1.165) is 0 Å². The Morgan fingerprint density at radius 2 is 1.56 bits per heavy atom. The molecule has 0 aliphatic rings. The van der Waals surface area contributed by atoms with Gasteiger partial charge in [0.1, 0.15) is 18.1 Å². The summed E-state index contributed by atoms with van der Waals surface area (Å²) in [6.45, 7) is 1.17. The molecular formula is C20H22O7. The summed E-state index contributed by atoms with van der Waals surface area (Å²) in [7, 11) is 4.54. The fourth-order valence-electron chi connectivity index (χ4n) is 2.34. The molecule has 0 N–H and O–H groups in total. The van der Waals surface area contributed by atoms with Gasteiger partial charge in [-0.15, -0.1) is 0 Å². The molecule has 2 rings (SSSR count). The van der Waals surface area contributed by atoms with Crippen LogP contribution >= 0.6 is 0 Å². The van der Waals surface area contributed by atoms with E-state index in [1.54, 1.807) is 43.5 Å². The fraction of sp³-hybridized carbons (Fsp3) is 0.300. The Hall–Kier alpha value is -3.22.